The highest BCUT2D eigenvalue weighted by atomic mass is 16.4. The third kappa shape index (κ3) is 5.06. The molecule has 9 heteroatoms. The molecule has 6 N–H and O–H groups in total. The first-order valence-electron chi connectivity index (χ1n) is 5.93. The van der Waals surface area contributed by atoms with Crippen molar-refractivity contribution in [1.82, 2.24) is 20.6 Å². The van der Waals surface area contributed by atoms with E-state index in [9.17, 15) is 14.4 Å². The van der Waals surface area contributed by atoms with Gasteiger partial charge >= 0.3 is 5.97 Å². The van der Waals surface area contributed by atoms with Crippen LogP contribution < -0.4 is 16.4 Å². The van der Waals surface area contributed by atoms with Crippen molar-refractivity contribution < 1.29 is 19.5 Å². The first-order valence-corrected chi connectivity index (χ1v) is 5.93. The van der Waals surface area contributed by atoms with Gasteiger partial charge in [0.2, 0.25) is 11.8 Å². The van der Waals surface area contributed by atoms with Crippen LogP contribution in [0.4, 0.5) is 0 Å². The molecule has 1 aromatic heterocycles. The van der Waals surface area contributed by atoms with E-state index in [0.29, 0.717) is 5.69 Å². The number of nitrogens with zero attached hydrogens (tertiary/aromatic N) is 1. The maximum Gasteiger partial charge on any atom is 0.325 e. The van der Waals surface area contributed by atoms with Crippen molar-refractivity contribution in [2.45, 2.75) is 25.4 Å². The minimum Gasteiger partial charge on any atom is -0.480 e. The molecule has 0 spiro atoms. The number of amides is 2. The van der Waals surface area contributed by atoms with E-state index in [-0.39, 0.29) is 13.0 Å². The van der Waals surface area contributed by atoms with E-state index in [1.54, 1.807) is 6.20 Å². The number of carbonyl (C=O) groups is 3. The van der Waals surface area contributed by atoms with Gasteiger partial charge in [0.25, 0.3) is 0 Å². The second-order valence-electron chi connectivity index (χ2n) is 4.23. The molecule has 1 heterocycles. The average molecular weight is 283 g/mol. The van der Waals surface area contributed by atoms with E-state index in [0.717, 1.165) is 0 Å². The molecule has 0 aliphatic carbocycles. The second kappa shape index (κ2) is 7.24. The van der Waals surface area contributed by atoms with Crippen LogP contribution >= 0.6 is 0 Å². The van der Waals surface area contributed by atoms with E-state index in [4.69, 9.17) is 10.8 Å². The highest BCUT2D eigenvalue weighted by Gasteiger charge is 2.17. The van der Waals surface area contributed by atoms with Crippen LogP contribution in [0.25, 0.3) is 0 Å². The number of carbonyl (C=O) groups excluding carboxylic acids is 2. The number of H-pyrrole nitrogens is 1. The van der Waals surface area contributed by atoms with E-state index in [1.807, 2.05) is 0 Å². The Morgan fingerprint density at radius 3 is 2.75 bits per heavy atom. The monoisotopic (exact) mass is 283 g/mol. The van der Waals surface area contributed by atoms with Crippen molar-refractivity contribution in [2.24, 2.45) is 5.73 Å². The van der Waals surface area contributed by atoms with Crippen LogP contribution in [0.2, 0.25) is 0 Å². The molecule has 2 amide bonds. The smallest absolute Gasteiger partial charge is 0.325 e. The molecule has 0 aromatic carbocycles. The van der Waals surface area contributed by atoms with Crippen LogP contribution in [-0.2, 0) is 20.8 Å². The number of aromatic amines is 1. The summed E-state index contributed by atoms with van der Waals surface area (Å²) in [7, 11) is 0. The minimum absolute atomic E-state index is 0.263. The Labute approximate surface area is 114 Å². The number of carboxylic acids is 1. The average Bonchev–Trinajstić information content (AvgIpc) is 2.88. The highest BCUT2D eigenvalue weighted by Crippen LogP contribution is 1.96. The normalized spacial score (nSPS) is 13.3. The van der Waals surface area contributed by atoms with E-state index in [2.05, 4.69) is 20.6 Å². The predicted octanol–water partition coefficient (Wildman–Crippen LogP) is -2.01. The number of rotatable bonds is 7. The van der Waals surface area contributed by atoms with Crippen LogP contribution in [0.15, 0.2) is 12.5 Å². The van der Waals surface area contributed by atoms with Gasteiger partial charge in [0, 0.05) is 18.3 Å². The maximum absolute atomic E-state index is 11.6. The summed E-state index contributed by atoms with van der Waals surface area (Å²) < 4.78 is 0. The molecular weight excluding hydrogens is 266 g/mol. The zero-order chi connectivity index (χ0) is 15.1. The Hall–Kier alpha value is -2.42. The van der Waals surface area contributed by atoms with Crippen molar-refractivity contribution in [3.8, 4) is 0 Å². The summed E-state index contributed by atoms with van der Waals surface area (Å²) in [6.07, 6.45) is 3.29. The number of hydrogen-bond acceptors (Lipinski definition) is 5. The number of hydrogen-bond donors (Lipinski definition) is 5. The fraction of sp³-hybridized carbons (Fsp3) is 0.455. The number of aromatic nitrogens is 2. The zero-order valence-electron chi connectivity index (χ0n) is 10.9. The first kappa shape index (κ1) is 15.6. The molecule has 0 bridgehead atoms. The third-order valence-corrected chi connectivity index (χ3v) is 2.50. The Morgan fingerprint density at radius 1 is 1.50 bits per heavy atom. The Bertz CT molecular complexity index is 473. The third-order valence-electron chi connectivity index (χ3n) is 2.50. The summed E-state index contributed by atoms with van der Waals surface area (Å²) in [5.74, 6) is -2.25. The van der Waals surface area contributed by atoms with Gasteiger partial charge in [-0.1, -0.05) is 0 Å². The maximum atomic E-state index is 11.6. The largest absolute Gasteiger partial charge is 0.480 e. The van der Waals surface area contributed by atoms with Gasteiger partial charge in [-0.05, 0) is 6.92 Å². The van der Waals surface area contributed by atoms with E-state index < -0.39 is 29.9 Å². The van der Waals surface area contributed by atoms with Gasteiger partial charge in [0.05, 0.1) is 18.9 Å². The second-order valence-corrected chi connectivity index (χ2v) is 4.23. The molecule has 0 aliphatic heterocycles. The van der Waals surface area contributed by atoms with Gasteiger partial charge in [-0.25, -0.2) is 4.98 Å². The topological polar surface area (TPSA) is 150 Å². The lowest BCUT2D eigenvalue weighted by Crippen LogP contribution is -2.48. The molecule has 1 rings (SSSR count). The summed E-state index contributed by atoms with van der Waals surface area (Å²) in [4.78, 5) is 40.1. The number of imidazole rings is 1. The quantitative estimate of drug-likeness (QED) is 0.390. The molecule has 9 nitrogen and oxygen atoms in total. The lowest BCUT2D eigenvalue weighted by atomic mass is 10.1. The molecule has 1 aromatic rings. The number of carboxylic acid groups (broad SMARTS) is 1. The van der Waals surface area contributed by atoms with Crippen LogP contribution in [-0.4, -0.2) is 51.5 Å². The molecule has 110 valence electrons. The lowest BCUT2D eigenvalue weighted by Gasteiger charge is -2.12. The van der Waals surface area contributed by atoms with Crippen molar-refractivity contribution in [3.63, 3.8) is 0 Å². The fourth-order valence-electron chi connectivity index (χ4n) is 1.38. The molecule has 0 saturated carbocycles. The minimum atomic E-state index is -1.15. The summed E-state index contributed by atoms with van der Waals surface area (Å²) in [5.41, 5.74) is 6.36. The van der Waals surface area contributed by atoms with Gasteiger partial charge < -0.3 is 26.5 Å². The molecule has 2 atom stereocenters. The Morgan fingerprint density at radius 2 is 2.20 bits per heavy atom. The van der Waals surface area contributed by atoms with Crippen LogP contribution in [0.3, 0.4) is 0 Å². The summed E-state index contributed by atoms with van der Waals surface area (Å²) in [5, 5.41) is 13.2. The summed E-state index contributed by atoms with van der Waals surface area (Å²) in [6, 6.07) is -1.83. The summed E-state index contributed by atoms with van der Waals surface area (Å²) in [6.45, 7) is 0.999. The van der Waals surface area contributed by atoms with Crippen LogP contribution in [0.5, 0.6) is 0 Å². The molecule has 0 fully saturated rings. The standard InChI is InChI=1S/C11H17N5O4/c1-6(11(19)20)16-9(17)4-14-10(18)8(12)2-7-3-13-5-15-7/h3,5-6,8H,2,4,12H2,1H3,(H,13,15)(H,14,18)(H,16,17)(H,19,20). The van der Waals surface area contributed by atoms with Gasteiger partial charge in [-0.2, -0.15) is 0 Å². The number of nitrogens with two attached hydrogens (primary N) is 1. The summed E-state index contributed by atoms with van der Waals surface area (Å²) >= 11 is 0. The number of aliphatic carboxylic acids is 1. The van der Waals surface area contributed by atoms with Crippen molar-refractivity contribution in [3.05, 3.63) is 18.2 Å². The lowest BCUT2D eigenvalue weighted by molar-refractivity contribution is -0.141. The Balaban J connectivity index is 2.31. The van der Waals surface area contributed by atoms with Gasteiger partial charge in [-0.15, -0.1) is 0 Å². The fourth-order valence-corrected chi connectivity index (χ4v) is 1.38. The van der Waals surface area contributed by atoms with E-state index in [1.165, 1.54) is 13.3 Å². The molecule has 0 aliphatic rings. The molecular formula is C11H17N5O4. The van der Waals surface area contributed by atoms with Gasteiger partial charge in [0.15, 0.2) is 0 Å². The Kier molecular flexibility index (Phi) is 5.66. The van der Waals surface area contributed by atoms with Crippen molar-refractivity contribution in [1.29, 1.82) is 0 Å². The van der Waals surface area contributed by atoms with Gasteiger partial charge in [0.1, 0.15) is 6.04 Å². The van der Waals surface area contributed by atoms with Gasteiger partial charge in [-0.3, -0.25) is 14.4 Å². The molecule has 0 saturated heterocycles. The van der Waals surface area contributed by atoms with Crippen LogP contribution in [0.1, 0.15) is 12.6 Å². The molecule has 0 radical (unpaired) electrons. The van der Waals surface area contributed by atoms with E-state index >= 15 is 0 Å². The zero-order valence-corrected chi connectivity index (χ0v) is 10.9. The molecule has 2 unspecified atom stereocenters. The first-order chi connectivity index (χ1) is 9.40. The predicted molar refractivity (Wildman–Crippen MR) is 68.5 cm³/mol. The van der Waals surface area contributed by atoms with Crippen molar-refractivity contribution >= 4 is 17.8 Å². The van der Waals surface area contributed by atoms with Crippen LogP contribution in [0, 0.1) is 0 Å². The SMILES string of the molecule is CC(NC(=O)CNC(=O)C(N)Cc1cnc[nH]1)C(=O)O. The number of nitrogens with one attached hydrogen (secondary N) is 3. The highest BCUT2D eigenvalue weighted by molar-refractivity contribution is 5.89. The molecule has 20 heavy (non-hydrogen) atoms. The van der Waals surface area contributed by atoms with Crippen molar-refractivity contribution in [2.75, 3.05) is 6.54 Å².